The third-order valence-electron chi connectivity index (χ3n) is 0.949. The standard InChI is InChI=1S/C6H12O5S.H2O3S/c1-2-3-11-4-6(7)5-12(8,9)10;1-4(2)3/h2,6-7H,1,3-5H2,(H,8,9,10);(H2,1,2,3)/p-1. The normalized spacial score (nSPS) is 14.5. The Morgan fingerprint density at radius 3 is 2.31 bits per heavy atom. The fraction of sp³-hybridized carbons (Fsp3) is 0.667. The molecule has 8 nitrogen and oxygen atoms in total. The Bertz CT molecular complexity index is 294. The quantitative estimate of drug-likeness (QED) is 0.237. The second-order valence-electron chi connectivity index (χ2n) is 2.45. The second kappa shape index (κ2) is 9.84. The summed E-state index contributed by atoms with van der Waals surface area (Å²) in [5.41, 5.74) is 0. The van der Waals surface area contributed by atoms with Crippen molar-refractivity contribution in [3.8, 4) is 0 Å². The van der Waals surface area contributed by atoms with Crippen LogP contribution in [0.4, 0.5) is 0 Å². The summed E-state index contributed by atoms with van der Waals surface area (Å²) < 4.78 is 57.5. The highest BCUT2D eigenvalue weighted by Gasteiger charge is 2.13. The average molecular weight is 277 g/mol. The highest BCUT2D eigenvalue weighted by atomic mass is 32.2. The van der Waals surface area contributed by atoms with Crippen LogP contribution in [-0.2, 0) is 26.2 Å². The summed E-state index contributed by atoms with van der Waals surface area (Å²) in [7, 11) is -4.12. The van der Waals surface area contributed by atoms with Crippen molar-refractivity contribution in [1.29, 1.82) is 0 Å². The first-order valence-electron chi connectivity index (χ1n) is 3.79. The van der Waals surface area contributed by atoms with Gasteiger partial charge in [0.25, 0.3) is 10.1 Å². The monoisotopic (exact) mass is 277 g/mol. The summed E-state index contributed by atoms with van der Waals surface area (Å²) in [5, 5.41) is 8.91. The van der Waals surface area contributed by atoms with E-state index in [0.717, 1.165) is 0 Å². The summed E-state index contributed by atoms with van der Waals surface area (Å²) in [6.45, 7) is 3.46. The van der Waals surface area contributed by atoms with E-state index in [0.29, 0.717) is 0 Å². The summed E-state index contributed by atoms with van der Waals surface area (Å²) in [6, 6.07) is 0. The van der Waals surface area contributed by atoms with Crippen LogP contribution < -0.4 is 0 Å². The molecular formula is C6H13O8S2-. The molecule has 0 aromatic carbocycles. The Kier molecular flexibility index (Phi) is 11.1. The molecule has 0 saturated carbocycles. The van der Waals surface area contributed by atoms with Crippen molar-refractivity contribution in [2.45, 2.75) is 6.10 Å². The van der Waals surface area contributed by atoms with Crippen LogP contribution in [0.2, 0.25) is 0 Å². The van der Waals surface area contributed by atoms with Gasteiger partial charge in [0.05, 0.1) is 30.7 Å². The minimum atomic E-state index is -4.12. The molecule has 0 heterocycles. The molecule has 0 saturated heterocycles. The summed E-state index contributed by atoms with van der Waals surface area (Å²) in [6.07, 6.45) is 0.278. The lowest BCUT2D eigenvalue weighted by Crippen LogP contribution is -2.25. The Morgan fingerprint density at radius 2 is 2.00 bits per heavy atom. The lowest BCUT2D eigenvalue weighted by Gasteiger charge is -2.07. The maximum absolute atomic E-state index is 10.2. The molecule has 0 aliphatic carbocycles. The van der Waals surface area contributed by atoms with E-state index in [9.17, 15) is 8.42 Å². The molecule has 3 N–H and O–H groups in total. The number of ether oxygens (including phenoxy) is 1. The summed E-state index contributed by atoms with van der Waals surface area (Å²) in [4.78, 5) is 0. The van der Waals surface area contributed by atoms with Crippen LogP contribution in [0.25, 0.3) is 0 Å². The van der Waals surface area contributed by atoms with Crippen LogP contribution in [-0.4, -0.2) is 56.5 Å². The lowest BCUT2D eigenvalue weighted by atomic mass is 10.4. The Hall–Kier alpha value is -0.360. The predicted octanol–water partition coefficient (Wildman–Crippen LogP) is -1.22. The lowest BCUT2D eigenvalue weighted by molar-refractivity contribution is 0.0608. The van der Waals surface area contributed by atoms with Crippen LogP contribution in [0, 0.1) is 0 Å². The van der Waals surface area contributed by atoms with Crippen molar-refractivity contribution >= 4 is 21.5 Å². The van der Waals surface area contributed by atoms with E-state index in [-0.39, 0.29) is 13.2 Å². The first kappa shape index (κ1) is 18.0. The molecule has 0 aromatic rings. The van der Waals surface area contributed by atoms with Gasteiger partial charge in [-0.3, -0.25) is 4.55 Å². The maximum Gasteiger partial charge on any atom is 0.267 e. The minimum Gasteiger partial charge on any atom is -0.750 e. The number of rotatable bonds is 6. The van der Waals surface area contributed by atoms with Gasteiger partial charge in [-0.25, -0.2) is 4.21 Å². The summed E-state index contributed by atoms with van der Waals surface area (Å²) in [5.74, 6) is -0.704. The highest BCUT2D eigenvalue weighted by Crippen LogP contribution is 1.91. The van der Waals surface area contributed by atoms with Gasteiger partial charge in [0, 0.05) is 0 Å². The average Bonchev–Trinajstić information content (AvgIpc) is 1.99. The predicted molar refractivity (Wildman–Crippen MR) is 55.0 cm³/mol. The smallest absolute Gasteiger partial charge is 0.267 e. The molecule has 0 amide bonds. The molecule has 0 aliphatic heterocycles. The van der Waals surface area contributed by atoms with E-state index in [4.69, 9.17) is 27.7 Å². The zero-order chi connectivity index (χ0) is 13.2. The SMILES string of the molecule is C=CCOCC(O)CS(=O)(=O)O.O=S([O-])O. The van der Waals surface area contributed by atoms with Gasteiger partial charge < -0.3 is 18.9 Å². The first-order valence-corrected chi connectivity index (χ1v) is 6.43. The van der Waals surface area contributed by atoms with Crippen LogP contribution in [0.1, 0.15) is 0 Å². The largest absolute Gasteiger partial charge is 0.750 e. The molecule has 0 radical (unpaired) electrons. The molecule has 16 heavy (non-hydrogen) atoms. The molecule has 10 heteroatoms. The van der Waals surface area contributed by atoms with E-state index in [1.54, 1.807) is 0 Å². The Morgan fingerprint density at radius 1 is 1.56 bits per heavy atom. The van der Waals surface area contributed by atoms with Crippen molar-refractivity contribution in [1.82, 2.24) is 0 Å². The highest BCUT2D eigenvalue weighted by molar-refractivity contribution is 7.85. The Balaban J connectivity index is 0. The van der Waals surface area contributed by atoms with Gasteiger partial charge in [-0.1, -0.05) is 6.08 Å². The van der Waals surface area contributed by atoms with Crippen molar-refractivity contribution in [3.63, 3.8) is 0 Å². The molecular weight excluding hydrogens is 264 g/mol. The van der Waals surface area contributed by atoms with E-state index in [1.807, 2.05) is 0 Å². The number of hydrogen-bond donors (Lipinski definition) is 3. The van der Waals surface area contributed by atoms with Gasteiger partial charge in [0.2, 0.25) is 0 Å². The maximum atomic E-state index is 10.2. The van der Waals surface area contributed by atoms with Gasteiger partial charge in [-0.15, -0.1) is 6.58 Å². The molecule has 98 valence electrons. The molecule has 2 unspecified atom stereocenters. The fourth-order valence-corrected chi connectivity index (χ4v) is 1.16. The molecule has 0 bridgehead atoms. The number of aliphatic hydroxyl groups excluding tert-OH is 1. The molecule has 0 spiro atoms. The van der Waals surface area contributed by atoms with E-state index in [2.05, 4.69) is 6.58 Å². The molecule has 0 aliphatic rings. The molecule has 2 atom stereocenters. The fourth-order valence-electron chi connectivity index (χ4n) is 0.579. The van der Waals surface area contributed by atoms with Crippen LogP contribution >= 0.6 is 0 Å². The van der Waals surface area contributed by atoms with Gasteiger partial charge in [0.1, 0.15) is 5.75 Å². The van der Waals surface area contributed by atoms with Gasteiger partial charge >= 0.3 is 0 Å². The van der Waals surface area contributed by atoms with E-state index < -0.39 is 33.3 Å². The van der Waals surface area contributed by atoms with Crippen LogP contribution in [0.3, 0.4) is 0 Å². The topological polar surface area (TPSA) is 144 Å². The molecule has 0 aromatic heterocycles. The third kappa shape index (κ3) is 23.5. The molecule has 0 fully saturated rings. The van der Waals surface area contributed by atoms with Crippen LogP contribution in [0.15, 0.2) is 12.7 Å². The van der Waals surface area contributed by atoms with Crippen molar-refractivity contribution < 1.29 is 36.1 Å². The number of aliphatic hydroxyl groups is 1. The zero-order valence-electron chi connectivity index (χ0n) is 8.18. The zero-order valence-corrected chi connectivity index (χ0v) is 9.82. The van der Waals surface area contributed by atoms with E-state index in [1.165, 1.54) is 6.08 Å². The number of hydrogen-bond acceptors (Lipinski definition) is 6. The third-order valence-corrected chi connectivity index (χ3v) is 1.75. The van der Waals surface area contributed by atoms with Gasteiger partial charge in [-0.2, -0.15) is 8.42 Å². The minimum absolute atomic E-state index is 0.133. The summed E-state index contributed by atoms with van der Waals surface area (Å²) >= 11 is -2.86. The Labute approximate surface area is 95.8 Å². The molecule has 0 rings (SSSR count). The van der Waals surface area contributed by atoms with E-state index >= 15 is 0 Å². The van der Waals surface area contributed by atoms with Crippen molar-refractivity contribution in [2.75, 3.05) is 19.0 Å². The van der Waals surface area contributed by atoms with Gasteiger partial charge in [0.15, 0.2) is 0 Å². The second-order valence-corrected chi connectivity index (χ2v) is 4.38. The van der Waals surface area contributed by atoms with Crippen LogP contribution in [0.5, 0.6) is 0 Å². The van der Waals surface area contributed by atoms with Crippen molar-refractivity contribution in [3.05, 3.63) is 12.7 Å². The van der Waals surface area contributed by atoms with Gasteiger partial charge in [-0.05, 0) is 0 Å². The first-order chi connectivity index (χ1) is 7.19. The van der Waals surface area contributed by atoms with Crippen molar-refractivity contribution in [2.24, 2.45) is 0 Å².